The second kappa shape index (κ2) is 8.90. The predicted molar refractivity (Wildman–Crippen MR) is 75.2 cm³/mol. The lowest BCUT2D eigenvalue weighted by Crippen LogP contribution is -2.56. The molecule has 1 saturated heterocycles. The first-order chi connectivity index (χ1) is 8.60. The molecular weight excluding hydrogens is 270 g/mol. The number of halogens is 1. The molecular formula is C12H22ClN3O3. The largest absolute Gasteiger partial charge is 0.395 e. The van der Waals surface area contributed by atoms with Crippen molar-refractivity contribution in [3.63, 3.8) is 0 Å². The summed E-state index contributed by atoms with van der Waals surface area (Å²) in [5.41, 5.74) is 0. The van der Waals surface area contributed by atoms with Gasteiger partial charge in [0.25, 0.3) is 0 Å². The number of carbonyl (C=O) groups excluding carboxylic acids is 2. The third kappa shape index (κ3) is 5.18. The summed E-state index contributed by atoms with van der Waals surface area (Å²) >= 11 is 0. The Kier molecular flexibility index (Phi) is 8.38. The molecule has 1 aliphatic heterocycles. The van der Waals surface area contributed by atoms with Crippen LogP contribution in [0.1, 0.15) is 6.42 Å². The summed E-state index contributed by atoms with van der Waals surface area (Å²) in [5, 5.41) is 11.8. The van der Waals surface area contributed by atoms with Gasteiger partial charge in [-0.2, -0.15) is 0 Å². The van der Waals surface area contributed by atoms with E-state index in [0.29, 0.717) is 19.6 Å². The minimum atomic E-state index is -0.465. The van der Waals surface area contributed by atoms with Crippen LogP contribution in [0.2, 0.25) is 0 Å². The first-order valence-corrected chi connectivity index (χ1v) is 6.08. The molecule has 6 nitrogen and oxygen atoms in total. The summed E-state index contributed by atoms with van der Waals surface area (Å²) in [6.07, 6.45) is 1.81. The Bertz CT molecular complexity index is 325. The van der Waals surface area contributed by atoms with Crippen LogP contribution in [0.3, 0.4) is 0 Å². The topological polar surface area (TPSA) is 72.9 Å². The quantitative estimate of drug-likeness (QED) is 0.631. The Hall–Kier alpha value is -1.11. The molecule has 2 N–H and O–H groups in total. The molecule has 0 radical (unpaired) electrons. The molecule has 0 saturated carbocycles. The van der Waals surface area contributed by atoms with Gasteiger partial charge in [0.05, 0.1) is 19.1 Å². The van der Waals surface area contributed by atoms with E-state index < -0.39 is 6.04 Å². The van der Waals surface area contributed by atoms with E-state index >= 15 is 0 Å². The summed E-state index contributed by atoms with van der Waals surface area (Å²) in [4.78, 5) is 26.9. The van der Waals surface area contributed by atoms with Gasteiger partial charge in [-0.25, -0.2) is 0 Å². The average Bonchev–Trinajstić information content (AvgIpc) is 2.34. The summed E-state index contributed by atoms with van der Waals surface area (Å²) in [6, 6.07) is -0.465. The third-order valence-electron chi connectivity index (χ3n) is 2.97. The molecule has 0 aromatic rings. The molecule has 2 amide bonds. The summed E-state index contributed by atoms with van der Waals surface area (Å²) < 4.78 is 0. The molecule has 0 aromatic carbocycles. The van der Waals surface area contributed by atoms with Crippen LogP contribution in [0.15, 0.2) is 12.7 Å². The molecule has 1 unspecified atom stereocenters. The molecule has 1 fully saturated rings. The van der Waals surface area contributed by atoms with E-state index in [-0.39, 0.29) is 43.8 Å². The Morgan fingerprint density at radius 3 is 2.95 bits per heavy atom. The van der Waals surface area contributed by atoms with Crippen molar-refractivity contribution in [2.45, 2.75) is 12.5 Å². The van der Waals surface area contributed by atoms with E-state index in [9.17, 15) is 9.59 Å². The molecule has 19 heavy (non-hydrogen) atoms. The van der Waals surface area contributed by atoms with Crippen molar-refractivity contribution in [1.29, 1.82) is 0 Å². The van der Waals surface area contributed by atoms with Crippen molar-refractivity contribution in [3.05, 3.63) is 12.7 Å². The van der Waals surface area contributed by atoms with Crippen LogP contribution in [0, 0.1) is 0 Å². The van der Waals surface area contributed by atoms with Gasteiger partial charge < -0.3 is 20.2 Å². The zero-order valence-corrected chi connectivity index (χ0v) is 12.0. The number of hydrogen-bond donors (Lipinski definition) is 2. The molecule has 1 aliphatic rings. The highest BCUT2D eigenvalue weighted by molar-refractivity contribution is 5.89. The van der Waals surface area contributed by atoms with E-state index in [1.807, 2.05) is 0 Å². The number of nitrogens with zero attached hydrogens (tertiary/aromatic N) is 2. The van der Waals surface area contributed by atoms with Crippen LogP contribution in [-0.2, 0) is 9.59 Å². The first-order valence-electron chi connectivity index (χ1n) is 6.08. The van der Waals surface area contributed by atoms with Crippen LogP contribution >= 0.6 is 12.4 Å². The van der Waals surface area contributed by atoms with Crippen molar-refractivity contribution >= 4 is 24.2 Å². The van der Waals surface area contributed by atoms with Crippen molar-refractivity contribution in [2.75, 3.05) is 39.8 Å². The van der Waals surface area contributed by atoms with Crippen LogP contribution in [-0.4, -0.2) is 72.6 Å². The second-order valence-electron chi connectivity index (χ2n) is 4.32. The predicted octanol–water partition coefficient (Wildman–Crippen LogP) is -0.765. The van der Waals surface area contributed by atoms with Gasteiger partial charge in [-0.15, -0.1) is 19.0 Å². The fourth-order valence-corrected chi connectivity index (χ4v) is 1.89. The van der Waals surface area contributed by atoms with Crippen LogP contribution in [0.25, 0.3) is 0 Å². The van der Waals surface area contributed by atoms with Crippen LogP contribution < -0.4 is 5.32 Å². The maximum atomic E-state index is 12.0. The fourth-order valence-electron chi connectivity index (χ4n) is 1.89. The van der Waals surface area contributed by atoms with Gasteiger partial charge in [0.2, 0.25) is 11.8 Å². The lowest BCUT2D eigenvalue weighted by atomic mass is 10.1. The second-order valence-corrected chi connectivity index (χ2v) is 4.32. The minimum Gasteiger partial charge on any atom is -0.395 e. The smallest absolute Gasteiger partial charge is 0.240 e. The van der Waals surface area contributed by atoms with E-state index in [1.54, 1.807) is 18.0 Å². The number of piperazine rings is 1. The zero-order valence-electron chi connectivity index (χ0n) is 11.2. The molecule has 7 heteroatoms. The monoisotopic (exact) mass is 291 g/mol. The number of amides is 2. The van der Waals surface area contributed by atoms with E-state index in [2.05, 4.69) is 11.9 Å². The third-order valence-corrected chi connectivity index (χ3v) is 2.97. The summed E-state index contributed by atoms with van der Waals surface area (Å²) in [6.45, 7) is 5.66. The number of rotatable bonds is 6. The zero-order chi connectivity index (χ0) is 13.5. The molecule has 0 aromatic heterocycles. The van der Waals surface area contributed by atoms with E-state index in [0.717, 1.165) is 0 Å². The molecule has 0 bridgehead atoms. The summed E-state index contributed by atoms with van der Waals surface area (Å²) in [5.74, 6) is -0.206. The van der Waals surface area contributed by atoms with Gasteiger partial charge in [0.15, 0.2) is 0 Å². The summed E-state index contributed by atoms with van der Waals surface area (Å²) in [7, 11) is 1.62. The molecule has 1 rings (SSSR count). The first kappa shape index (κ1) is 17.9. The fraction of sp³-hybridized carbons (Fsp3) is 0.667. The Balaban J connectivity index is 0.00000324. The standard InChI is InChI=1S/C12H21N3O3.ClH/c1-3-5-15-6-4-13-10(12(15)18)9-11(17)14(2)7-8-16;/h3,10,13,16H,1,4-9H2,2H3;1H. The number of hydrogen-bond acceptors (Lipinski definition) is 4. The van der Waals surface area contributed by atoms with Gasteiger partial charge >= 0.3 is 0 Å². The average molecular weight is 292 g/mol. The lowest BCUT2D eigenvalue weighted by Gasteiger charge is -2.32. The van der Waals surface area contributed by atoms with E-state index in [4.69, 9.17) is 5.11 Å². The Morgan fingerprint density at radius 1 is 1.68 bits per heavy atom. The highest BCUT2D eigenvalue weighted by Gasteiger charge is 2.30. The van der Waals surface area contributed by atoms with Gasteiger partial charge in [0.1, 0.15) is 0 Å². The Labute approximate surface area is 119 Å². The maximum Gasteiger partial charge on any atom is 0.240 e. The number of aliphatic hydroxyl groups excluding tert-OH is 1. The maximum absolute atomic E-state index is 12.0. The molecule has 1 heterocycles. The lowest BCUT2D eigenvalue weighted by molar-refractivity contribution is -0.140. The van der Waals surface area contributed by atoms with Gasteiger partial charge in [-0.05, 0) is 0 Å². The number of nitrogens with one attached hydrogen (secondary N) is 1. The van der Waals surface area contributed by atoms with Crippen molar-refractivity contribution in [1.82, 2.24) is 15.1 Å². The number of aliphatic hydroxyl groups is 1. The normalized spacial score (nSPS) is 18.7. The SMILES string of the molecule is C=CCN1CCNC(CC(=O)N(C)CCO)C1=O.Cl. The molecule has 0 spiro atoms. The van der Waals surface area contributed by atoms with Crippen LogP contribution in [0.5, 0.6) is 0 Å². The van der Waals surface area contributed by atoms with Gasteiger partial charge in [-0.1, -0.05) is 6.08 Å². The minimum absolute atomic E-state index is 0. The number of carbonyl (C=O) groups is 2. The van der Waals surface area contributed by atoms with Gasteiger partial charge in [0, 0.05) is 33.2 Å². The Morgan fingerprint density at radius 2 is 2.37 bits per heavy atom. The molecule has 0 aliphatic carbocycles. The number of likely N-dealkylation sites (N-methyl/N-ethyl adjacent to an activating group) is 1. The van der Waals surface area contributed by atoms with Crippen LogP contribution in [0.4, 0.5) is 0 Å². The molecule has 1 atom stereocenters. The van der Waals surface area contributed by atoms with Gasteiger partial charge in [-0.3, -0.25) is 9.59 Å². The highest BCUT2D eigenvalue weighted by Crippen LogP contribution is 2.06. The van der Waals surface area contributed by atoms with Crippen molar-refractivity contribution in [3.8, 4) is 0 Å². The van der Waals surface area contributed by atoms with E-state index in [1.165, 1.54) is 4.90 Å². The molecule has 110 valence electrons. The highest BCUT2D eigenvalue weighted by atomic mass is 35.5. The van der Waals surface area contributed by atoms with Crippen molar-refractivity contribution < 1.29 is 14.7 Å². The van der Waals surface area contributed by atoms with Crippen molar-refractivity contribution in [2.24, 2.45) is 0 Å².